The van der Waals surface area contributed by atoms with Gasteiger partial charge in [0, 0.05) is 5.56 Å². The quantitative estimate of drug-likeness (QED) is 0.836. The topological polar surface area (TPSA) is 74.6 Å². The van der Waals surface area contributed by atoms with E-state index in [1.165, 1.54) is 0 Å². The first-order valence-corrected chi connectivity index (χ1v) is 6.95. The van der Waals surface area contributed by atoms with Gasteiger partial charge in [0.2, 0.25) is 0 Å². The molecule has 0 spiro atoms. The van der Waals surface area contributed by atoms with Crippen LogP contribution in [-0.2, 0) is 9.84 Å². The van der Waals surface area contributed by atoms with Crippen molar-refractivity contribution in [2.24, 2.45) is 0 Å². The molecule has 0 unspecified atom stereocenters. The molecule has 0 aliphatic rings. The summed E-state index contributed by atoms with van der Waals surface area (Å²) >= 11 is 0. The van der Waals surface area contributed by atoms with Gasteiger partial charge in [0.25, 0.3) is 0 Å². The van der Waals surface area contributed by atoms with Gasteiger partial charge in [-0.25, -0.2) is 17.2 Å². The summed E-state index contributed by atoms with van der Waals surface area (Å²) in [5, 5.41) is 16.3. The predicted octanol–water partition coefficient (Wildman–Crippen LogP) is 0.794. The lowest BCUT2D eigenvalue weighted by atomic mass is 10.1. The molecule has 0 amide bonds. The fraction of sp³-hybridized carbons (Fsp3) is 0.455. The van der Waals surface area contributed by atoms with E-state index in [0.29, 0.717) is 0 Å². The SMILES string of the molecule is C[C@@H](c1c(F)cccc1F)S(=O)(=O)C[C@@H](O)CO. The molecule has 0 aromatic heterocycles. The third kappa shape index (κ3) is 3.24. The second kappa shape index (κ2) is 5.73. The highest BCUT2D eigenvalue weighted by Gasteiger charge is 2.29. The summed E-state index contributed by atoms with van der Waals surface area (Å²) < 4.78 is 50.5. The second-order valence-corrected chi connectivity index (χ2v) is 6.31. The van der Waals surface area contributed by atoms with Gasteiger partial charge in [-0.15, -0.1) is 0 Å². The summed E-state index contributed by atoms with van der Waals surface area (Å²) in [5.74, 6) is -2.66. The van der Waals surface area contributed by atoms with E-state index in [1.807, 2.05) is 0 Å². The highest BCUT2D eigenvalue weighted by molar-refractivity contribution is 7.91. The molecule has 0 aliphatic carbocycles. The Balaban J connectivity index is 3.10. The molecule has 7 heteroatoms. The molecule has 0 heterocycles. The summed E-state index contributed by atoms with van der Waals surface area (Å²) in [5.41, 5.74) is -0.553. The molecule has 2 atom stereocenters. The lowest BCUT2D eigenvalue weighted by Gasteiger charge is -2.16. The Morgan fingerprint density at radius 1 is 1.28 bits per heavy atom. The summed E-state index contributed by atoms with van der Waals surface area (Å²) in [6.07, 6.45) is -1.47. The Morgan fingerprint density at radius 2 is 1.78 bits per heavy atom. The molecule has 0 saturated heterocycles. The molecule has 18 heavy (non-hydrogen) atoms. The van der Waals surface area contributed by atoms with Crippen molar-refractivity contribution < 1.29 is 27.4 Å². The van der Waals surface area contributed by atoms with Crippen molar-refractivity contribution in [1.82, 2.24) is 0 Å². The Morgan fingerprint density at radius 3 is 2.22 bits per heavy atom. The van der Waals surface area contributed by atoms with E-state index in [0.717, 1.165) is 25.1 Å². The van der Waals surface area contributed by atoms with Crippen molar-refractivity contribution in [2.75, 3.05) is 12.4 Å². The molecule has 1 rings (SSSR count). The Kier molecular flexibility index (Phi) is 4.78. The molecule has 102 valence electrons. The van der Waals surface area contributed by atoms with Crippen LogP contribution >= 0.6 is 0 Å². The number of hydrogen-bond donors (Lipinski definition) is 2. The van der Waals surface area contributed by atoms with Gasteiger partial charge in [-0.2, -0.15) is 0 Å². The zero-order valence-corrected chi connectivity index (χ0v) is 10.5. The molecule has 0 fully saturated rings. The minimum absolute atomic E-state index is 0.553. The average Bonchev–Trinajstić information content (AvgIpc) is 2.27. The summed E-state index contributed by atoms with van der Waals surface area (Å²) in [6, 6.07) is 3.07. The predicted molar refractivity (Wildman–Crippen MR) is 61.7 cm³/mol. The number of rotatable bonds is 5. The molecule has 0 saturated carbocycles. The van der Waals surface area contributed by atoms with Gasteiger partial charge in [0.1, 0.15) is 11.6 Å². The number of aliphatic hydroxyl groups excluding tert-OH is 2. The van der Waals surface area contributed by atoms with Gasteiger partial charge in [-0.3, -0.25) is 0 Å². The van der Waals surface area contributed by atoms with E-state index < -0.39 is 50.7 Å². The largest absolute Gasteiger partial charge is 0.394 e. The fourth-order valence-corrected chi connectivity index (χ4v) is 3.06. The summed E-state index contributed by atoms with van der Waals surface area (Å²) in [7, 11) is -3.96. The molecule has 1 aromatic carbocycles. The van der Waals surface area contributed by atoms with Gasteiger partial charge in [-0.1, -0.05) is 6.07 Å². The lowest BCUT2D eigenvalue weighted by molar-refractivity contribution is 0.112. The number of hydrogen-bond acceptors (Lipinski definition) is 4. The summed E-state index contributed by atoms with van der Waals surface area (Å²) in [6.45, 7) is 0.409. The van der Waals surface area contributed by atoms with E-state index in [1.54, 1.807) is 0 Å². The van der Waals surface area contributed by atoms with E-state index >= 15 is 0 Å². The smallest absolute Gasteiger partial charge is 0.159 e. The maximum absolute atomic E-state index is 13.4. The van der Waals surface area contributed by atoms with Crippen LogP contribution < -0.4 is 0 Å². The van der Waals surface area contributed by atoms with E-state index in [-0.39, 0.29) is 0 Å². The third-order valence-electron chi connectivity index (χ3n) is 2.58. The van der Waals surface area contributed by atoms with Crippen molar-refractivity contribution in [3.63, 3.8) is 0 Å². The average molecular weight is 280 g/mol. The van der Waals surface area contributed by atoms with E-state index in [4.69, 9.17) is 10.2 Å². The Labute approximate surface area is 104 Å². The summed E-state index contributed by atoms with van der Waals surface area (Å²) in [4.78, 5) is 0. The normalized spacial score (nSPS) is 15.4. The highest BCUT2D eigenvalue weighted by Crippen LogP contribution is 2.27. The van der Waals surface area contributed by atoms with Gasteiger partial charge < -0.3 is 10.2 Å². The minimum atomic E-state index is -3.96. The van der Waals surface area contributed by atoms with Crippen LogP contribution in [0.2, 0.25) is 0 Å². The molecular weight excluding hydrogens is 266 g/mol. The third-order valence-corrected chi connectivity index (χ3v) is 4.74. The van der Waals surface area contributed by atoms with Crippen molar-refractivity contribution >= 4 is 9.84 Å². The maximum atomic E-state index is 13.4. The fourth-order valence-electron chi connectivity index (χ4n) is 1.54. The van der Waals surface area contributed by atoms with Crippen molar-refractivity contribution in [2.45, 2.75) is 18.3 Å². The van der Waals surface area contributed by atoms with Gasteiger partial charge in [-0.05, 0) is 19.1 Å². The Bertz CT molecular complexity index is 496. The van der Waals surface area contributed by atoms with Crippen LogP contribution in [0, 0.1) is 11.6 Å². The van der Waals surface area contributed by atoms with Crippen LogP contribution in [0.3, 0.4) is 0 Å². The van der Waals surface area contributed by atoms with Crippen LogP contribution in [0.5, 0.6) is 0 Å². The lowest BCUT2D eigenvalue weighted by Crippen LogP contribution is -2.27. The Hall–Kier alpha value is -1.05. The number of aliphatic hydroxyl groups is 2. The van der Waals surface area contributed by atoms with Crippen molar-refractivity contribution in [3.8, 4) is 0 Å². The molecule has 2 N–H and O–H groups in total. The number of halogens is 2. The molecule has 0 aliphatic heterocycles. The molecule has 1 aromatic rings. The van der Waals surface area contributed by atoms with E-state index in [9.17, 15) is 17.2 Å². The standard InChI is InChI=1S/C11H14F2O4S/c1-7(18(16,17)6-8(15)5-14)11-9(12)3-2-4-10(11)13/h2-4,7-8,14-15H,5-6H2,1H3/t7-,8-/m0/s1. The number of sulfone groups is 1. The molecule has 0 bridgehead atoms. The molecule has 4 nitrogen and oxygen atoms in total. The minimum Gasteiger partial charge on any atom is -0.394 e. The number of benzene rings is 1. The maximum Gasteiger partial charge on any atom is 0.159 e. The van der Waals surface area contributed by atoms with Crippen LogP contribution in [0.1, 0.15) is 17.7 Å². The van der Waals surface area contributed by atoms with Crippen LogP contribution in [0.4, 0.5) is 8.78 Å². The van der Waals surface area contributed by atoms with Crippen LogP contribution in [0.25, 0.3) is 0 Å². The zero-order chi connectivity index (χ0) is 13.9. The van der Waals surface area contributed by atoms with Gasteiger partial charge >= 0.3 is 0 Å². The molecule has 0 radical (unpaired) electrons. The first-order valence-electron chi connectivity index (χ1n) is 5.24. The molecular formula is C11H14F2O4S. The van der Waals surface area contributed by atoms with Crippen LogP contribution in [0.15, 0.2) is 18.2 Å². The second-order valence-electron chi connectivity index (χ2n) is 3.94. The first kappa shape index (κ1) is 15.0. The van der Waals surface area contributed by atoms with Gasteiger partial charge in [0.15, 0.2) is 9.84 Å². The highest BCUT2D eigenvalue weighted by atomic mass is 32.2. The monoisotopic (exact) mass is 280 g/mol. The zero-order valence-electron chi connectivity index (χ0n) is 9.68. The van der Waals surface area contributed by atoms with Crippen molar-refractivity contribution in [3.05, 3.63) is 35.4 Å². The first-order chi connectivity index (χ1) is 8.29. The van der Waals surface area contributed by atoms with Crippen molar-refractivity contribution in [1.29, 1.82) is 0 Å². The van der Waals surface area contributed by atoms with Gasteiger partial charge in [0.05, 0.1) is 23.7 Å². The van der Waals surface area contributed by atoms with E-state index in [2.05, 4.69) is 0 Å². The van der Waals surface area contributed by atoms with Crippen LogP contribution in [-0.4, -0.2) is 37.1 Å².